The van der Waals surface area contributed by atoms with Gasteiger partial charge in [-0.05, 0) is 32.9 Å². The number of rotatable bonds is 3. The molecule has 1 aliphatic rings. The van der Waals surface area contributed by atoms with Gasteiger partial charge in [-0.25, -0.2) is 4.98 Å². The number of benzene rings is 1. The van der Waals surface area contributed by atoms with Crippen LogP contribution in [0.3, 0.4) is 0 Å². The van der Waals surface area contributed by atoms with Crippen LogP contribution in [0.5, 0.6) is 11.5 Å². The molecule has 0 fully saturated rings. The number of nitrogens with one attached hydrogen (secondary N) is 1. The van der Waals surface area contributed by atoms with Gasteiger partial charge in [0.25, 0.3) is 5.56 Å². The lowest BCUT2D eigenvalue weighted by Gasteiger charge is -2.20. The normalized spacial score (nSPS) is 14.2. The quantitative estimate of drug-likeness (QED) is 0.762. The molecule has 27 heavy (non-hydrogen) atoms. The van der Waals surface area contributed by atoms with Crippen molar-refractivity contribution in [2.75, 3.05) is 18.5 Å². The van der Waals surface area contributed by atoms with Crippen molar-refractivity contribution in [1.82, 2.24) is 9.55 Å². The Hall–Kier alpha value is -3.29. The summed E-state index contributed by atoms with van der Waals surface area (Å²) in [5.74, 6) is 1.52. The fourth-order valence-corrected chi connectivity index (χ4v) is 3.02. The maximum Gasteiger partial charge on any atom is 0.265 e. The number of hydrogen-bond acceptors (Lipinski definition) is 6. The molecule has 0 bridgehead atoms. The van der Waals surface area contributed by atoms with Crippen LogP contribution < -0.4 is 20.3 Å². The van der Waals surface area contributed by atoms with Gasteiger partial charge in [-0.3, -0.25) is 14.2 Å². The van der Waals surface area contributed by atoms with Gasteiger partial charge in [-0.15, -0.1) is 0 Å². The van der Waals surface area contributed by atoms with Gasteiger partial charge in [0.15, 0.2) is 11.5 Å². The van der Waals surface area contributed by atoms with Gasteiger partial charge in [0.05, 0.1) is 0 Å². The zero-order chi connectivity index (χ0) is 19.1. The minimum Gasteiger partial charge on any atom is -0.486 e. The summed E-state index contributed by atoms with van der Waals surface area (Å²) in [5.41, 5.74) is 1.27. The van der Waals surface area contributed by atoms with Gasteiger partial charge in [-0.1, -0.05) is 0 Å². The predicted molar refractivity (Wildman–Crippen MR) is 98.5 cm³/mol. The summed E-state index contributed by atoms with van der Waals surface area (Å²) in [6.07, 6.45) is 1.33. The van der Waals surface area contributed by atoms with Crippen LogP contribution in [0.2, 0.25) is 0 Å². The van der Waals surface area contributed by atoms with Crippen LogP contribution in [0.4, 0.5) is 5.69 Å². The number of nitrogens with zero attached hydrogens (tertiary/aromatic N) is 2. The number of carbonyl (C=O) groups excluding carboxylic acids is 1. The lowest BCUT2D eigenvalue weighted by molar-refractivity contribution is -0.118. The third-order valence-corrected chi connectivity index (χ3v) is 4.72. The Kier molecular flexibility index (Phi) is 4.10. The summed E-state index contributed by atoms with van der Waals surface area (Å²) in [6, 6.07) is 4.42. The first-order chi connectivity index (χ1) is 13.0. The molecule has 1 N–H and O–H groups in total. The maximum atomic E-state index is 12.8. The van der Waals surface area contributed by atoms with E-state index in [2.05, 4.69) is 10.3 Å². The number of aromatic nitrogens is 2. The van der Waals surface area contributed by atoms with Crippen molar-refractivity contribution in [1.29, 1.82) is 0 Å². The van der Waals surface area contributed by atoms with Crippen molar-refractivity contribution in [2.45, 2.75) is 26.8 Å². The first-order valence-electron chi connectivity index (χ1n) is 8.63. The summed E-state index contributed by atoms with van der Waals surface area (Å²) in [5, 5.41) is 3.20. The van der Waals surface area contributed by atoms with E-state index >= 15 is 0 Å². The van der Waals surface area contributed by atoms with E-state index in [1.165, 1.54) is 10.9 Å². The molecular formula is C19H19N3O5. The minimum absolute atomic E-state index is 0.283. The second-order valence-corrected chi connectivity index (χ2v) is 6.44. The highest BCUT2D eigenvalue weighted by atomic mass is 16.6. The Labute approximate surface area is 154 Å². The number of carbonyl (C=O) groups is 1. The van der Waals surface area contributed by atoms with Crippen LogP contribution in [-0.4, -0.2) is 28.7 Å². The highest BCUT2D eigenvalue weighted by molar-refractivity contribution is 5.94. The SMILES string of the molecule is Cc1oc2ncn([C@H](C)C(=O)Nc3ccc4c(c3)OCCO4)c(=O)c2c1C. The van der Waals surface area contributed by atoms with Gasteiger partial charge in [0.2, 0.25) is 11.6 Å². The van der Waals surface area contributed by atoms with Crippen LogP contribution in [0.25, 0.3) is 11.1 Å². The molecule has 0 saturated heterocycles. The Balaban J connectivity index is 1.61. The predicted octanol–water partition coefficient (Wildman–Crippen LogP) is 2.58. The van der Waals surface area contributed by atoms with Gasteiger partial charge in [0.1, 0.15) is 36.7 Å². The zero-order valence-electron chi connectivity index (χ0n) is 15.2. The van der Waals surface area contributed by atoms with E-state index in [1.807, 2.05) is 0 Å². The number of hydrogen-bond donors (Lipinski definition) is 1. The van der Waals surface area contributed by atoms with Crippen LogP contribution in [0.1, 0.15) is 24.3 Å². The van der Waals surface area contributed by atoms with E-state index < -0.39 is 6.04 Å². The summed E-state index contributed by atoms with van der Waals surface area (Å²) >= 11 is 0. The first kappa shape index (κ1) is 17.1. The average Bonchev–Trinajstić information content (AvgIpc) is 2.96. The fraction of sp³-hybridized carbons (Fsp3) is 0.316. The fourth-order valence-electron chi connectivity index (χ4n) is 3.02. The Morgan fingerprint density at radius 3 is 2.74 bits per heavy atom. The molecule has 1 aliphatic heterocycles. The van der Waals surface area contributed by atoms with E-state index in [9.17, 15) is 9.59 Å². The third-order valence-electron chi connectivity index (χ3n) is 4.72. The van der Waals surface area contributed by atoms with Crippen LogP contribution in [-0.2, 0) is 4.79 Å². The highest BCUT2D eigenvalue weighted by Crippen LogP contribution is 2.32. The Bertz CT molecular complexity index is 1100. The lowest BCUT2D eigenvalue weighted by atomic mass is 10.2. The first-order valence-corrected chi connectivity index (χ1v) is 8.63. The number of amides is 1. The molecule has 0 aliphatic carbocycles. The van der Waals surface area contributed by atoms with Crippen LogP contribution in [0.15, 0.2) is 33.7 Å². The van der Waals surface area contributed by atoms with Gasteiger partial charge in [-0.2, -0.15) is 0 Å². The molecule has 1 atom stereocenters. The van der Waals surface area contributed by atoms with Crippen molar-refractivity contribution in [3.63, 3.8) is 0 Å². The molecule has 3 heterocycles. The maximum absolute atomic E-state index is 12.8. The number of fused-ring (bicyclic) bond motifs is 2. The number of ether oxygens (including phenoxy) is 2. The highest BCUT2D eigenvalue weighted by Gasteiger charge is 2.21. The lowest BCUT2D eigenvalue weighted by Crippen LogP contribution is -2.31. The standard InChI is InChI=1S/C19H19N3O5/c1-10-12(3)27-18-16(10)19(24)22(9-20-18)11(2)17(23)21-13-4-5-14-15(8-13)26-7-6-25-14/h4-5,8-9,11H,6-7H2,1-3H3,(H,21,23)/t11-/m1/s1. The molecule has 0 radical (unpaired) electrons. The number of furan rings is 1. The summed E-state index contributed by atoms with van der Waals surface area (Å²) in [4.78, 5) is 29.6. The van der Waals surface area contributed by atoms with Crippen molar-refractivity contribution in [3.05, 3.63) is 46.2 Å². The molecular weight excluding hydrogens is 350 g/mol. The van der Waals surface area contributed by atoms with Crippen LogP contribution >= 0.6 is 0 Å². The van der Waals surface area contributed by atoms with Crippen molar-refractivity contribution >= 4 is 22.7 Å². The topological polar surface area (TPSA) is 95.6 Å². The molecule has 3 aromatic rings. The zero-order valence-corrected chi connectivity index (χ0v) is 15.2. The number of aryl methyl sites for hydroxylation is 2. The van der Waals surface area contributed by atoms with Gasteiger partial charge in [0, 0.05) is 17.3 Å². The largest absolute Gasteiger partial charge is 0.486 e. The van der Waals surface area contributed by atoms with Crippen molar-refractivity contribution < 1.29 is 18.7 Å². The Morgan fingerprint density at radius 2 is 1.96 bits per heavy atom. The summed E-state index contributed by atoms with van der Waals surface area (Å²) in [6.45, 7) is 6.18. The van der Waals surface area contributed by atoms with Gasteiger partial charge >= 0.3 is 0 Å². The van der Waals surface area contributed by atoms with E-state index in [0.717, 1.165) is 5.56 Å². The van der Waals surface area contributed by atoms with Crippen LogP contribution in [0, 0.1) is 13.8 Å². The van der Waals surface area contributed by atoms with Gasteiger partial charge < -0.3 is 19.2 Å². The van der Waals surface area contributed by atoms with E-state index in [4.69, 9.17) is 13.9 Å². The average molecular weight is 369 g/mol. The second kappa shape index (κ2) is 6.46. The van der Waals surface area contributed by atoms with Crippen molar-refractivity contribution in [3.8, 4) is 11.5 Å². The van der Waals surface area contributed by atoms with E-state index in [1.54, 1.807) is 39.0 Å². The Morgan fingerprint density at radius 1 is 1.22 bits per heavy atom. The molecule has 1 amide bonds. The smallest absolute Gasteiger partial charge is 0.265 e. The third kappa shape index (κ3) is 2.92. The molecule has 140 valence electrons. The molecule has 0 saturated carbocycles. The van der Waals surface area contributed by atoms with Crippen molar-refractivity contribution in [2.24, 2.45) is 0 Å². The molecule has 8 heteroatoms. The molecule has 4 rings (SSSR count). The molecule has 2 aromatic heterocycles. The monoisotopic (exact) mass is 369 g/mol. The second-order valence-electron chi connectivity index (χ2n) is 6.44. The summed E-state index contributed by atoms with van der Waals surface area (Å²) in [7, 11) is 0. The van der Waals surface area contributed by atoms with E-state index in [-0.39, 0.29) is 17.2 Å². The molecule has 8 nitrogen and oxygen atoms in total. The summed E-state index contributed by atoms with van der Waals surface area (Å²) < 4.78 is 17.8. The minimum atomic E-state index is -0.753. The molecule has 0 unspecified atom stereocenters. The molecule has 0 spiro atoms. The van der Waals surface area contributed by atoms with E-state index in [0.29, 0.717) is 41.5 Å². The molecule has 1 aromatic carbocycles. The number of anilines is 1.